The van der Waals surface area contributed by atoms with Gasteiger partial charge in [-0.05, 0) is 54.8 Å². The summed E-state index contributed by atoms with van der Waals surface area (Å²) in [5, 5.41) is 3.00. The molecule has 190 valence electrons. The van der Waals surface area contributed by atoms with Crippen LogP contribution in [0.15, 0.2) is 53.7 Å². The van der Waals surface area contributed by atoms with Gasteiger partial charge in [-0.15, -0.1) is 0 Å². The van der Waals surface area contributed by atoms with E-state index in [4.69, 9.17) is 4.74 Å². The molecule has 6 nitrogen and oxygen atoms in total. The molecule has 4 rings (SSSR count). The van der Waals surface area contributed by atoms with E-state index in [1.54, 1.807) is 18.3 Å². The van der Waals surface area contributed by atoms with Crippen LogP contribution in [0.25, 0.3) is 0 Å². The maximum atomic E-state index is 14.4. The Balaban J connectivity index is 1.41. The maximum absolute atomic E-state index is 14.4. The van der Waals surface area contributed by atoms with Crippen molar-refractivity contribution in [3.05, 3.63) is 77.0 Å². The molecule has 0 bridgehead atoms. The third kappa shape index (κ3) is 6.37. The molecule has 2 aromatic carbocycles. The molecule has 0 amide bonds. The van der Waals surface area contributed by atoms with Gasteiger partial charge in [0.1, 0.15) is 0 Å². The van der Waals surface area contributed by atoms with Crippen LogP contribution in [-0.2, 0) is 17.5 Å². The standard InChI is InChI=1S/C26H27F4N5O/c1-3-22-16-35(9-10-36-22)25-23(27)14-32-24(34-25)15-31-13-18-7-8-21(11-17(18)2)33-20-6-4-5-19(12-20)26(28,29)30/h4-8,11-14,22,33H,3,9-10,15-16H2,1-2H3. The molecule has 1 atom stereocenters. The van der Waals surface area contributed by atoms with Crippen LogP contribution in [0.2, 0.25) is 0 Å². The van der Waals surface area contributed by atoms with Gasteiger partial charge in [0.05, 0.1) is 31.0 Å². The molecule has 1 aliphatic rings. The second-order valence-electron chi connectivity index (χ2n) is 8.55. The van der Waals surface area contributed by atoms with E-state index in [1.807, 2.05) is 30.9 Å². The maximum Gasteiger partial charge on any atom is 0.416 e. The Morgan fingerprint density at radius 3 is 2.75 bits per heavy atom. The number of hydrogen-bond acceptors (Lipinski definition) is 6. The molecular weight excluding hydrogens is 474 g/mol. The van der Waals surface area contributed by atoms with E-state index in [9.17, 15) is 17.6 Å². The van der Waals surface area contributed by atoms with E-state index in [0.29, 0.717) is 36.9 Å². The SMILES string of the molecule is CCC1CN(c2nc(CN=Cc3ccc(Nc4cccc(C(F)(F)F)c4)cc3C)ncc2F)CCO1. The predicted molar refractivity (Wildman–Crippen MR) is 131 cm³/mol. The predicted octanol–water partition coefficient (Wildman–Crippen LogP) is 5.92. The summed E-state index contributed by atoms with van der Waals surface area (Å²) in [6, 6.07) is 10.5. The van der Waals surface area contributed by atoms with Crippen molar-refractivity contribution in [3.63, 3.8) is 0 Å². The Hall–Kier alpha value is -3.53. The number of aryl methyl sites for hydroxylation is 1. The minimum atomic E-state index is -4.40. The van der Waals surface area contributed by atoms with Crippen LogP contribution < -0.4 is 10.2 Å². The molecule has 1 saturated heterocycles. The third-order valence-corrected chi connectivity index (χ3v) is 5.88. The Labute approximate surface area is 207 Å². The van der Waals surface area contributed by atoms with Gasteiger partial charge in [0.25, 0.3) is 0 Å². The Bertz CT molecular complexity index is 1230. The Morgan fingerprint density at radius 2 is 2.00 bits per heavy atom. The summed E-state index contributed by atoms with van der Waals surface area (Å²) in [5.41, 5.74) is 2.02. The number of halogens is 4. The van der Waals surface area contributed by atoms with Gasteiger partial charge in [-0.3, -0.25) is 4.99 Å². The molecule has 0 aliphatic carbocycles. The van der Waals surface area contributed by atoms with Gasteiger partial charge in [0, 0.05) is 30.7 Å². The van der Waals surface area contributed by atoms with Gasteiger partial charge >= 0.3 is 6.18 Å². The lowest BCUT2D eigenvalue weighted by Crippen LogP contribution is -2.43. The zero-order valence-corrected chi connectivity index (χ0v) is 20.0. The van der Waals surface area contributed by atoms with Gasteiger partial charge < -0.3 is 15.0 Å². The first-order valence-corrected chi connectivity index (χ1v) is 11.7. The molecule has 1 N–H and O–H groups in total. The molecule has 1 aromatic heterocycles. The lowest BCUT2D eigenvalue weighted by atomic mass is 10.1. The highest BCUT2D eigenvalue weighted by Gasteiger charge is 2.30. The monoisotopic (exact) mass is 501 g/mol. The van der Waals surface area contributed by atoms with E-state index in [1.165, 1.54) is 12.3 Å². The van der Waals surface area contributed by atoms with Gasteiger partial charge in [-0.25, -0.2) is 14.4 Å². The van der Waals surface area contributed by atoms with Crippen molar-refractivity contribution in [1.29, 1.82) is 0 Å². The molecule has 0 radical (unpaired) electrons. The smallest absolute Gasteiger partial charge is 0.375 e. The highest BCUT2D eigenvalue weighted by molar-refractivity contribution is 5.83. The van der Waals surface area contributed by atoms with Gasteiger partial charge in [0.2, 0.25) is 0 Å². The van der Waals surface area contributed by atoms with Crippen LogP contribution in [-0.4, -0.2) is 42.0 Å². The normalized spacial score (nSPS) is 16.5. The first kappa shape index (κ1) is 25.6. The van der Waals surface area contributed by atoms with Crippen molar-refractivity contribution in [2.45, 2.75) is 39.1 Å². The summed E-state index contributed by atoms with van der Waals surface area (Å²) >= 11 is 0. The number of morpholine rings is 1. The second kappa shape index (κ2) is 11.0. The van der Waals surface area contributed by atoms with Crippen LogP contribution in [0.1, 0.15) is 35.9 Å². The van der Waals surface area contributed by atoms with Crippen LogP contribution in [0, 0.1) is 12.7 Å². The number of nitrogens with one attached hydrogen (secondary N) is 1. The van der Waals surface area contributed by atoms with Crippen molar-refractivity contribution in [2.24, 2.45) is 4.99 Å². The fourth-order valence-corrected chi connectivity index (χ4v) is 3.91. The molecule has 1 unspecified atom stereocenters. The zero-order valence-electron chi connectivity index (χ0n) is 20.0. The van der Waals surface area contributed by atoms with Gasteiger partial charge in [0.15, 0.2) is 17.5 Å². The lowest BCUT2D eigenvalue weighted by molar-refractivity contribution is -0.137. The highest BCUT2D eigenvalue weighted by atomic mass is 19.4. The third-order valence-electron chi connectivity index (χ3n) is 5.88. The summed E-state index contributed by atoms with van der Waals surface area (Å²) in [6.07, 6.45) is -0.666. The van der Waals surface area contributed by atoms with E-state index in [2.05, 4.69) is 20.3 Å². The molecule has 0 saturated carbocycles. The number of benzene rings is 2. The van der Waals surface area contributed by atoms with E-state index in [0.717, 1.165) is 29.7 Å². The van der Waals surface area contributed by atoms with Crippen molar-refractivity contribution < 1.29 is 22.3 Å². The topological polar surface area (TPSA) is 62.6 Å². The summed E-state index contributed by atoms with van der Waals surface area (Å²) in [4.78, 5) is 14.7. The molecule has 2 heterocycles. The first-order valence-electron chi connectivity index (χ1n) is 11.7. The number of anilines is 3. The number of alkyl halides is 3. The minimum Gasteiger partial charge on any atom is -0.375 e. The number of aromatic nitrogens is 2. The summed E-state index contributed by atoms with van der Waals surface area (Å²) in [6.45, 7) is 5.75. The van der Waals surface area contributed by atoms with Crippen molar-refractivity contribution in [1.82, 2.24) is 9.97 Å². The summed E-state index contributed by atoms with van der Waals surface area (Å²) < 4.78 is 58.9. The molecule has 36 heavy (non-hydrogen) atoms. The second-order valence-corrected chi connectivity index (χ2v) is 8.55. The quantitative estimate of drug-likeness (QED) is 0.322. The van der Waals surface area contributed by atoms with E-state index < -0.39 is 17.6 Å². The highest BCUT2D eigenvalue weighted by Crippen LogP contribution is 2.31. The summed E-state index contributed by atoms with van der Waals surface area (Å²) in [5.74, 6) is 0.194. The number of nitrogens with zero attached hydrogens (tertiary/aromatic N) is 4. The van der Waals surface area contributed by atoms with Crippen LogP contribution in [0.3, 0.4) is 0 Å². The number of aliphatic imine (C=N–C) groups is 1. The number of rotatable bonds is 7. The first-order chi connectivity index (χ1) is 17.2. The van der Waals surface area contributed by atoms with Gasteiger partial charge in [-0.1, -0.05) is 19.1 Å². The summed E-state index contributed by atoms with van der Waals surface area (Å²) in [7, 11) is 0. The van der Waals surface area contributed by atoms with Crippen molar-refractivity contribution in [2.75, 3.05) is 29.9 Å². The Morgan fingerprint density at radius 1 is 1.19 bits per heavy atom. The lowest BCUT2D eigenvalue weighted by Gasteiger charge is -2.33. The Kier molecular flexibility index (Phi) is 7.83. The number of ether oxygens (including phenoxy) is 1. The van der Waals surface area contributed by atoms with Gasteiger partial charge in [-0.2, -0.15) is 13.2 Å². The molecule has 10 heteroatoms. The average Bonchev–Trinajstić information content (AvgIpc) is 2.86. The van der Waals surface area contributed by atoms with E-state index >= 15 is 0 Å². The molecule has 1 fully saturated rings. The fraction of sp³-hybridized carbons (Fsp3) is 0.346. The van der Waals surface area contributed by atoms with E-state index in [-0.39, 0.29) is 18.5 Å². The van der Waals surface area contributed by atoms with Crippen LogP contribution >= 0.6 is 0 Å². The minimum absolute atomic E-state index is 0.0450. The van der Waals surface area contributed by atoms with Crippen LogP contribution in [0.5, 0.6) is 0 Å². The number of hydrogen-bond donors (Lipinski definition) is 1. The van der Waals surface area contributed by atoms with Crippen LogP contribution in [0.4, 0.5) is 34.8 Å². The molecule has 3 aromatic rings. The zero-order chi connectivity index (χ0) is 25.7. The molecular formula is C26H27F4N5O. The molecule has 0 spiro atoms. The largest absolute Gasteiger partial charge is 0.416 e. The molecule has 1 aliphatic heterocycles. The fourth-order valence-electron chi connectivity index (χ4n) is 3.91. The average molecular weight is 502 g/mol. The van der Waals surface area contributed by atoms with Crippen molar-refractivity contribution in [3.8, 4) is 0 Å². The van der Waals surface area contributed by atoms with Crippen molar-refractivity contribution >= 4 is 23.4 Å².